The van der Waals surface area contributed by atoms with Gasteiger partial charge in [0.2, 0.25) is 5.91 Å². The maximum Gasteiger partial charge on any atom is 0.262 e. The van der Waals surface area contributed by atoms with E-state index >= 15 is 0 Å². The molecule has 1 amide bonds. The Hall–Kier alpha value is -1.20. The van der Waals surface area contributed by atoms with Gasteiger partial charge in [-0.3, -0.25) is 10.1 Å². The molecule has 1 aliphatic heterocycles. The van der Waals surface area contributed by atoms with Crippen LogP contribution in [0.1, 0.15) is 31.7 Å². The van der Waals surface area contributed by atoms with Crippen LogP contribution in [0.25, 0.3) is 0 Å². The summed E-state index contributed by atoms with van der Waals surface area (Å²) in [6, 6.07) is 6.63. The topological polar surface area (TPSA) is 41.1 Å². The second-order valence-electron chi connectivity index (χ2n) is 5.26. The van der Waals surface area contributed by atoms with Crippen LogP contribution in [0.15, 0.2) is 24.3 Å². The summed E-state index contributed by atoms with van der Waals surface area (Å²) in [4.78, 5) is 11.9. The Morgan fingerprint density at radius 2 is 2.15 bits per heavy atom. The zero-order valence-electron chi connectivity index (χ0n) is 11.5. The van der Waals surface area contributed by atoms with Crippen LogP contribution in [-0.2, 0) is 4.79 Å². The molecular weight excluding hydrogens is 286 g/mol. The highest BCUT2D eigenvalue weighted by Crippen LogP contribution is 2.26. The molecule has 6 heteroatoms. The molecule has 3 nitrogen and oxygen atoms in total. The van der Waals surface area contributed by atoms with Gasteiger partial charge in [-0.2, -0.15) is 0 Å². The van der Waals surface area contributed by atoms with Crippen molar-refractivity contribution >= 4 is 24.0 Å². The lowest BCUT2D eigenvalue weighted by Crippen LogP contribution is -2.35. The lowest BCUT2D eigenvalue weighted by Gasteiger charge is -2.13. The number of alkyl halides is 2. The second-order valence-corrected chi connectivity index (χ2v) is 5.26. The van der Waals surface area contributed by atoms with Crippen LogP contribution < -0.4 is 10.6 Å². The summed E-state index contributed by atoms with van der Waals surface area (Å²) >= 11 is 0. The van der Waals surface area contributed by atoms with Crippen molar-refractivity contribution in [2.24, 2.45) is 0 Å². The monoisotopic (exact) mass is 304 g/mol. The molecule has 1 aromatic carbocycles. The van der Waals surface area contributed by atoms with E-state index in [0.717, 1.165) is 5.56 Å². The summed E-state index contributed by atoms with van der Waals surface area (Å²) in [6.45, 7) is 3.68. The van der Waals surface area contributed by atoms with E-state index in [1.54, 1.807) is 6.07 Å². The Balaban J connectivity index is 0.00000200. The van der Waals surface area contributed by atoms with Crippen molar-refractivity contribution in [3.8, 4) is 0 Å². The van der Waals surface area contributed by atoms with E-state index in [0.29, 0.717) is 11.6 Å². The van der Waals surface area contributed by atoms with Gasteiger partial charge in [-0.05, 0) is 23.6 Å². The fourth-order valence-electron chi connectivity index (χ4n) is 2.11. The SMILES string of the molecule is CC(C)c1cccc(NC(=O)C2CC(F)(F)CN2)c1.Cl. The van der Waals surface area contributed by atoms with Gasteiger partial charge >= 0.3 is 0 Å². The molecule has 1 saturated heterocycles. The van der Waals surface area contributed by atoms with Crippen molar-refractivity contribution in [2.45, 2.75) is 38.2 Å². The average molecular weight is 305 g/mol. The minimum absolute atomic E-state index is 0. The molecule has 0 bridgehead atoms. The number of halogens is 3. The number of hydrogen-bond donors (Lipinski definition) is 2. The first-order chi connectivity index (χ1) is 8.87. The Morgan fingerprint density at radius 3 is 2.70 bits per heavy atom. The van der Waals surface area contributed by atoms with E-state index < -0.39 is 30.8 Å². The zero-order chi connectivity index (χ0) is 14.0. The number of rotatable bonds is 3. The number of benzene rings is 1. The third-order valence-corrected chi connectivity index (χ3v) is 3.25. The second kappa shape index (κ2) is 6.50. The highest BCUT2D eigenvalue weighted by Gasteiger charge is 2.42. The summed E-state index contributed by atoms with van der Waals surface area (Å²) in [5.74, 6) is -2.84. The Labute approximate surface area is 123 Å². The van der Waals surface area contributed by atoms with Crippen molar-refractivity contribution in [1.82, 2.24) is 5.32 Å². The van der Waals surface area contributed by atoms with Gasteiger partial charge in [0.25, 0.3) is 5.92 Å². The van der Waals surface area contributed by atoms with Crippen LogP contribution in [0.4, 0.5) is 14.5 Å². The standard InChI is InChI=1S/C14H18F2N2O.ClH/c1-9(2)10-4-3-5-11(6-10)18-13(19)12-7-14(15,16)8-17-12;/h3-6,9,12,17H,7-8H2,1-2H3,(H,18,19);1H. The first-order valence-electron chi connectivity index (χ1n) is 6.39. The van der Waals surface area contributed by atoms with Crippen molar-refractivity contribution in [3.05, 3.63) is 29.8 Å². The molecule has 1 aliphatic rings. The minimum Gasteiger partial charge on any atom is -0.325 e. The average Bonchev–Trinajstić information content (AvgIpc) is 2.70. The van der Waals surface area contributed by atoms with Gasteiger partial charge in [0, 0.05) is 12.1 Å². The Bertz CT molecular complexity index is 480. The number of carbonyl (C=O) groups excluding carboxylic acids is 1. The summed E-state index contributed by atoms with van der Waals surface area (Å²) in [5.41, 5.74) is 1.75. The van der Waals surface area contributed by atoms with Crippen LogP contribution >= 0.6 is 12.4 Å². The first kappa shape index (κ1) is 16.9. The number of amides is 1. The molecule has 1 fully saturated rings. The van der Waals surface area contributed by atoms with Crippen molar-refractivity contribution in [3.63, 3.8) is 0 Å². The normalized spacial score (nSPS) is 20.6. The van der Waals surface area contributed by atoms with Gasteiger partial charge < -0.3 is 5.32 Å². The summed E-state index contributed by atoms with van der Waals surface area (Å²) in [6.07, 6.45) is -0.442. The van der Waals surface area contributed by atoms with E-state index in [2.05, 4.69) is 24.5 Å². The Morgan fingerprint density at radius 1 is 1.45 bits per heavy atom. The summed E-state index contributed by atoms with van der Waals surface area (Å²) < 4.78 is 26.0. The molecule has 0 aromatic heterocycles. The molecular formula is C14H19ClF2N2O. The summed E-state index contributed by atoms with van der Waals surface area (Å²) in [7, 11) is 0. The molecule has 0 spiro atoms. The molecule has 112 valence electrons. The number of nitrogens with one attached hydrogen (secondary N) is 2. The molecule has 1 aromatic rings. The van der Waals surface area contributed by atoms with E-state index in [4.69, 9.17) is 0 Å². The quantitative estimate of drug-likeness (QED) is 0.900. The first-order valence-corrected chi connectivity index (χ1v) is 6.39. The molecule has 0 aliphatic carbocycles. The smallest absolute Gasteiger partial charge is 0.262 e. The highest BCUT2D eigenvalue weighted by atomic mass is 35.5. The van der Waals surface area contributed by atoms with Gasteiger partial charge in [0.15, 0.2) is 0 Å². The fourth-order valence-corrected chi connectivity index (χ4v) is 2.11. The van der Waals surface area contributed by atoms with Crippen LogP contribution in [0.5, 0.6) is 0 Å². The van der Waals surface area contributed by atoms with Crippen molar-refractivity contribution in [2.75, 3.05) is 11.9 Å². The van der Waals surface area contributed by atoms with E-state index in [1.807, 2.05) is 18.2 Å². The maximum atomic E-state index is 13.0. The molecule has 20 heavy (non-hydrogen) atoms. The molecule has 1 heterocycles. The third kappa shape index (κ3) is 4.15. The molecule has 2 N–H and O–H groups in total. The maximum absolute atomic E-state index is 13.0. The molecule has 1 unspecified atom stereocenters. The molecule has 2 rings (SSSR count). The van der Waals surface area contributed by atoms with Gasteiger partial charge in [-0.15, -0.1) is 12.4 Å². The number of carbonyl (C=O) groups is 1. The van der Waals surface area contributed by atoms with Crippen LogP contribution in [0.3, 0.4) is 0 Å². The van der Waals surface area contributed by atoms with Crippen molar-refractivity contribution < 1.29 is 13.6 Å². The molecule has 1 atom stereocenters. The molecule has 0 saturated carbocycles. The van der Waals surface area contributed by atoms with Crippen molar-refractivity contribution in [1.29, 1.82) is 0 Å². The fraction of sp³-hybridized carbons (Fsp3) is 0.500. The number of anilines is 1. The minimum atomic E-state index is -2.79. The molecule has 0 radical (unpaired) electrons. The number of hydrogen-bond acceptors (Lipinski definition) is 2. The largest absolute Gasteiger partial charge is 0.325 e. The van der Waals surface area contributed by atoms with E-state index in [1.165, 1.54) is 0 Å². The predicted molar refractivity (Wildman–Crippen MR) is 77.8 cm³/mol. The predicted octanol–water partition coefficient (Wildman–Crippen LogP) is 3.17. The van der Waals surface area contributed by atoms with Crippen LogP contribution in [-0.4, -0.2) is 24.4 Å². The Kier molecular flexibility index (Phi) is 5.48. The van der Waals surface area contributed by atoms with E-state index in [-0.39, 0.29) is 12.4 Å². The van der Waals surface area contributed by atoms with E-state index in [9.17, 15) is 13.6 Å². The van der Waals surface area contributed by atoms with Crippen LogP contribution in [0.2, 0.25) is 0 Å². The van der Waals surface area contributed by atoms with Gasteiger partial charge in [0.1, 0.15) is 0 Å². The third-order valence-electron chi connectivity index (χ3n) is 3.25. The van der Waals surface area contributed by atoms with Gasteiger partial charge in [-0.25, -0.2) is 8.78 Å². The highest BCUT2D eigenvalue weighted by molar-refractivity contribution is 5.95. The van der Waals surface area contributed by atoms with Gasteiger partial charge in [-0.1, -0.05) is 26.0 Å². The lowest BCUT2D eigenvalue weighted by molar-refractivity contribution is -0.118. The van der Waals surface area contributed by atoms with Gasteiger partial charge in [0.05, 0.1) is 12.6 Å². The zero-order valence-corrected chi connectivity index (χ0v) is 12.3. The van der Waals surface area contributed by atoms with Crippen LogP contribution in [0, 0.1) is 0 Å². The lowest BCUT2D eigenvalue weighted by atomic mass is 10.0. The summed E-state index contributed by atoms with van der Waals surface area (Å²) in [5, 5.41) is 5.22.